The lowest BCUT2D eigenvalue weighted by Gasteiger charge is -2.11. The molecule has 0 atom stereocenters. The zero-order valence-electron chi connectivity index (χ0n) is 10.4. The third kappa shape index (κ3) is 3.05. The first kappa shape index (κ1) is 14.3. The molecule has 20 heavy (non-hydrogen) atoms. The molecule has 3 nitrogen and oxygen atoms in total. The van der Waals surface area contributed by atoms with Crippen molar-refractivity contribution in [1.29, 1.82) is 0 Å². The van der Waals surface area contributed by atoms with Gasteiger partial charge in [0.2, 0.25) is 0 Å². The number of halogens is 3. The molecule has 1 N–H and O–H groups in total. The molecule has 2 aromatic rings. The zero-order valence-corrected chi connectivity index (χ0v) is 11.2. The van der Waals surface area contributed by atoms with Gasteiger partial charge in [0.05, 0.1) is 18.4 Å². The Bertz CT molecular complexity index is 662. The van der Waals surface area contributed by atoms with Crippen LogP contribution in [0.5, 0.6) is 5.75 Å². The van der Waals surface area contributed by atoms with E-state index < -0.39 is 17.5 Å². The van der Waals surface area contributed by atoms with Crippen molar-refractivity contribution >= 4 is 23.2 Å². The minimum absolute atomic E-state index is 0.270. The number of hydrogen-bond donors (Lipinski definition) is 1. The summed E-state index contributed by atoms with van der Waals surface area (Å²) in [6.45, 7) is 0. The highest BCUT2D eigenvalue weighted by atomic mass is 35.5. The van der Waals surface area contributed by atoms with Gasteiger partial charge in [0.15, 0.2) is 0 Å². The highest BCUT2D eigenvalue weighted by Crippen LogP contribution is 2.28. The van der Waals surface area contributed by atoms with Crippen LogP contribution in [0.15, 0.2) is 36.4 Å². The molecule has 0 fully saturated rings. The molecule has 1 amide bonds. The number of ether oxygens (including phenoxy) is 1. The van der Waals surface area contributed by atoms with Crippen molar-refractivity contribution < 1.29 is 18.3 Å². The van der Waals surface area contributed by atoms with Crippen molar-refractivity contribution in [2.75, 3.05) is 12.4 Å². The Balaban J connectivity index is 2.30. The van der Waals surface area contributed by atoms with E-state index in [1.807, 2.05) is 0 Å². The molecule has 0 saturated carbocycles. The van der Waals surface area contributed by atoms with E-state index in [1.54, 1.807) is 12.1 Å². The molecule has 0 radical (unpaired) electrons. The summed E-state index contributed by atoms with van der Waals surface area (Å²) in [5, 5.41) is 2.86. The molecule has 0 aliphatic carbocycles. The molecule has 0 spiro atoms. The molecule has 0 saturated heterocycles. The molecule has 0 bridgehead atoms. The van der Waals surface area contributed by atoms with E-state index in [4.69, 9.17) is 16.3 Å². The Hall–Kier alpha value is -2.14. The number of hydrogen-bond acceptors (Lipinski definition) is 2. The van der Waals surface area contributed by atoms with Crippen LogP contribution in [0.25, 0.3) is 0 Å². The van der Waals surface area contributed by atoms with E-state index in [9.17, 15) is 13.6 Å². The lowest BCUT2D eigenvalue weighted by atomic mass is 10.2. The SMILES string of the molecule is COc1ccc(Cl)cc1NC(=O)c1ccc(F)cc1F. The monoisotopic (exact) mass is 297 g/mol. The van der Waals surface area contributed by atoms with Crippen LogP contribution in [0.3, 0.4) is 0 Å². The van der Waals surface area contributed by atoms with E-state index in [0.717, 1.165) is 12.1 Å². The summed E-state index contributed by atoms with van der Waals surface area (Å²) < 4.78 is 31.4. The Morgan fingerprint density at radius 2 is 1.95 bits per heavy atom. The van der Waals surface area contributed by atoms with Crippen LogP contribution < -0.4 is 10.1 Å². The Kier molecular flexibility index (Phi) is 4.20. The topological polar surface area (TPSA) is 38.3 Å². The second kappa shape index (κ2) is 5.88. The highest BCUT2D eigenvalue weighted by Gasteiger charge is 2.14. The second-order valence-corrected chi connectivity index (χ2v) is 4.36. The molecule has 2 aromatic carbocycles. The van der Waals surface area contributed by atoms with Crippen molar-refractivity contribution in [2.24, 2.45) is 0 Å². The molecule has 0 aliphatic rings. The number of benzene rings is 2. The fourth-order valence-corrected chi connectivity index (χ4v) is 1.81. The van der Waals surface area contributed by atoms with Gasteiger partial charge in [-0.05, 0) is 30.3 Å². The standard InChI is InChI=1S/C14H10ClF2NO2/c1-20-13-5-2-8(15)6-12(13)18-14(19)10-4-3-9(16)7-11(10)17/h2-7H,1H3,(H,18,19). The summed E-state index contributed by atoms with van der Waals surface area (Å²) in [5.41, 5.74) is 0.0298. The summed E-state index contributed by atoms with van der Waals surface area (Å²) in [5.74, 6) is -2.03. The van der Waals surface area contributed by atoms with E-state index in [1.165, 1.54) is 13.2 Å². The van der Waals surface area contributed by atoms with Crippen molar-refractivity contribution in [1.82, 2.24) is 0 Å². The van der Waals surface area contributed by atoms with Gasteiger partial charge in [-0.15, -0.1) is 0 Å². The quantitative estimate of drug-likeness (QED) is 0.933. The van der Waals surface area contributed by atoms with Gasteiger partial charge < -0.3 is 10.1 Å². The predicted octanol–water partition coefficient (Wildman–Crippen LogP) is 3.88. The summed E-state index contributed by atoms with van der Waals surface area (Å²) >= 11 is 5.82. The minimum atomic E-state index is -0.941. The Labute approximate surface area is 119 Å². The predicted molar refractivity (Wildman–Crippen MR) is 72.3 cm³/mol. The maximum atomic E-state index is 13.5. The molecule has 0 aromatic heterocycles. The third-order valence-electron chi connectivity index (χ3n) is 2.59. The van der Waals surface area contributed by atoms with Crippen LogP contribution >= 0.6 is 11.6 Å². The van der Waals surface area contributed by atoms with Gasteiger partial charge in [-0.1, -0.05) is 11.6 Å². The maximum Gasteiger partial charge on any atom is 0.258 e. The molecule has 0 aliphatic heterocycles. The van der Waals surface area contributed by atoms with Crippen molar-refractivity contribution in [3.8, 4) is 5.75 Å². The molecule has 2 rings (SSSR count). The highest BCUT2D eigenvalue weighted by molar-refractivity contribution is 6.31. The van der Waals surface area contributed by atoms with E-state index in [0.29, 0.717) is 22.5 Å². The largest absolute Gasteiger partial charge is 0.495 e. The van der Waals surface area contributed by atoms with Gasteiger partial charge in [0.1, 0.15) is 17.4 Å². The lowest BCUT2D eigenvalue weighted by molar-refractivity contribution is 0.102. The van der Waals surface area contributed by atoms with Gasteiger partial charge in [-0.3, -0.25) is 4.79 Å². The molecule has 6 heteroatoms. The number of anilines is 1. The van der Waals surface area contributed by atoms with Crippen molar-refractivity contribution in [3.05, 3.63) is 58.6 Å². The first-order valence-corrected chi connectivity index (χ1v) is 5.99. The number of rotatable bonds is 3. The molecule has 0 unspecified atom stereocenters. The van der Waals surface area contributed by atoms with Crippen LogP contribution in [0.4, 0.5) is 14.5 Å². The van der Waals surface area contributed by atoms with Gasteiger partial charge in [-0.25, -0.2) is 8.78 Å². The first-order chi connectivity index (χ1) is 9.51. The van der Waals surface area contributed by atoms with Crippen LogP contribution in [-0.4, -0.2) is 13.0 Å². The normalized spacial score (nSPS) is 10.2. The van der Waals surface area contributed by atoms with E-state index >= 15 is 0 Å². The number of nitrogens with one attached hydrogen (secondary N) is 1. The van der Waals surface area contributed by atoms with Gasteiger partial charge in [0.25, 0.3) is 5.91 Å². The summed E-state index contributed by atoms with van der Waals surface area (Å²) in [7, 11) is 1.43. The molecular formula is C14H10ClF2NO2. The van der Waals surface area contributed by atoms with Gasteiger partial charge >= 0.3 is 0 Å². The third-order valence-corrected chi connectivity index (χ3v) is 2.82. The van der Waals surface area contributed by atoms with Gasteiger partial charge in [-0.2, -0.15) is 0 Å². The summed E-state index contributed by atoms with van der Waals surface area (Å²) in [6, 6.07) is 7.35. The molecular weight excluding hydrogens is 288 g/mol. The average molecular weight is 298 g/mol. The van der Waals surface area contributed by atoms with Crippen LogP contribution in [0.1, 0.15) is 10.4 Å². The maximum absolute atomic E-state index is 13.5. The lowest BCUT2D eigenvalue weighted by Crippen LogP contribution is -2.14. The fraction of sp³-hybridized carbons (Fsp3) is 0.0714. The summed E-state index contributed by atoms with van der Waals surface area (Å²) in [4.78, 5) is 12.0. The van der Waals surface area contributed by atoms with Gasteiger partial charge in [0, 0.05) is 11.1 Å². The number of methoxy groups -OCH3 is 1. The number of amides is 1. The Morgan fingerprint density at radius 3 is 2.60 bits per heavy atom. The smallest absolute Gasteiger partial charge is 0.258 e. The van der Waals surface area contributed by atoms with Crippen LogP contribution in [0.2, 0.25) is 5.02 Å². The van der Waals surface area contributed by atoms with Crippen molar-refractivity contribution in [2.45, 2.75) is 0 Å². The first-order valence-electron chi connectivity index (χ1n) is 5.61. The van der Waals surface area contributed by atoms with E-state index in [2.05, 4.69) is 5.32 Å². The Morgan fingerprint density at radius 1 is 1.20 bits per heavy atom. The van der Waals surface area contributed by atoms with E-state index in [-0.39, 0.29) is 5.56 Å². The average Bonchev–Trinajstić information content (AvgIpc) is 2.38. The van der Waals surface area contributed by atoms with Crippen LogP contribution in [-0.2, 0) is 0 Å². The fourth-order valence-electron chi connectivity index (χ4n) is 1.64. The number of carbonyl (C=O) groups excluding carboxylic acids is 1. The molecule has 104 valence electrons. The second-order valence-electron chi connectivity index (χ2n) is 3.92. The minimum Gasteiger partial charge on any atom is -0.495 e. The van der Waals surface area contributed by atoms with Crippen molar-refractivity contribution in [3.63, 3.8) is 0 Å². The zero-order chi connectivity index (χ0) is 14.7. The number of carbonyl (C=O) groups is 1. The summed E-state index contributed by atoms with van der Waals surface area (Å²) in [6.07, 6.45) is 0. The van der Waals surface area contributed by atoms with Crippen LogP contribution in [0, 0.1) is 11.6 Å². The molecule has 0 heterocycles.